The zero-order chi connectivity index (χ0) is 32.2. The second kappa shape index (κ2) is 11.5. The molecule has 0 aromatic heterocycles. The molecule has 0 saturated heterocycles. The monoisotopic (exact) mass is 594 g/mol. The molecule has 46 heavy (non-hydrogen) atoms. The average Bonchev–Trinajstić information content (AvgIpc) is 3.04. The van der Waals surface area contributed by atoms with Gasteiger partial charge in [-0.15, -0.1) is 0 Å². The van der Waals surface area contributed by atoms with Gasteiger partial charge < -0.3 is 0 Å². The maximum absolute atomic E-state index is 2.39. The van der Waals surface area contributed by atoms with Crippen molar-refractivity contribution in [3.8, 4) is 44.5 Å². The number of hydrogen-bond acceptors (Lipinski definition) is 0. The van der Waals surface area contributed by atoms with E-state index in [-0.39, 0.29) is 5.41 Å². The molecule has 0 fully saturated rings. The van der Waals surface area contributed by atoms with Crippen LogP contribution in [0.1, 0.15) is 48.6 Å². The van der Waals surface area contributed by atoms with E-state index < -0.39 is 0 Å². The third-order valence-corrected chi connectivity index (χ3v) is 9.87. The summed E-state index contributed by atoms with van der Waals surface area (Å²) in [5.41, 5.74) is 17.1. The number of aryl methyl sites for hydroxylation is 3. The summed E-state index contributed by atoms with van der Waals surface area (Å²) in [6.45, 7) is 15.8. The standard InChI is InChI=1S/C46H42/c1-29-15-8-9-16-35(29)38-21-14-22-39(32(38)4)45-42-19-12-10-17-40(42)44(41-18-11-13-20-43(41)45)33-23-25-36(30(2)27-33)37-26-24-34(28-31(37)3)46(5,6)7/h8-28H,1-7H3. The molecule has 0 nitrogen and oxygen atoms in total. The maximum Gasteiger partial charge on any atom is -0.00235 e. The highest BCUT2D eigenvalue weighted by Gasteiger charge is 2.20. The fourth-order valence-electron chi connectivity index (χ4n) is 7.36. The normalized spacial score (nSPS) is 11.8. The largest absolute Gasteiger partial charge is 0.0620 e. The Morgan fingerprint density at radius 2 is 0.848 bits per heavy atom. The Hall–Kier alpha value is -4.94. The summed E-state index contributed by atoms with van der Waals surface area (Å²) in [5, 5.41) is 5.15. The van der Waals surface area contributed by atoms with Crippen molar-refractivity contribution in [2.45, 2.75) is 53.9 Å². The number of fused-ring (bicyclic) bond motifs is 2. The van der Waals surface area contributed by atoms with Crippen LogP contribution in [0.25, 0.3) is 66.1 Å². The number of rotatable bonds is 4. The predicted octanol–water partition coefficient (Wildman–Crippen LogP) is 13.2. The van der Waals surface area contributed by atoms with E-state index in [9.17, 15) is 0 Å². The van der Waals surface area contributed by atoms with E-state index in [1.807, 2.05) is 0 Å². The van der Waals surface area contributed by atoms with Crippen molar-refractivity contribution < 1.29 is 0 Å². The van der Waals surface area contributed by atoms with Gasteiger partial charge in [-0.1, -0.05) is 148 Å². The third kappa shape index (κ3) is 5.03. The third-order valence-electron chi connectivity index (χ3n) is 9.87. The van der Waals surface area contributed by atoms with Crippen molar-refractivity contribution in [1.29, 1.82) is 0 Å². The molecule has 0 heteroatoms. The first kappa shape index (κ1) is 29.8. The first-order valence-corrected chi connectivity index (χ1v) is 16.5. The molecule has 0 atom stereocenters. The molecule has 7 aromatic rings. The molecule has 0 N–H and O–H groups in total. The lowest BCUT2D eigenvalue weighted by Crippen LogP contribution is -2.11. The summed E-state index contributed by atoms with van der Waals surface area (Å²) in [6.07, 6.45) is 0. The molecule has 0 aliphatic heterocycles. The second-order valence-corrected chi connectivity index (χ2v) is 13.9. The molecule has 0 spiro atoms. The molecule has 0 unspecified atom stereocenters. The topological polar surface area (TPSA) is 0 Å². The van der Waals surface area contributed by atoms with Gasteiger partial charge in [-0.3, -0.25) is 0 Å². The van der Waals surface area contributed by atoms with Crippen LogP contribution in [0, 0.1) is 27.7 Å². The minimum atomic E-state index is 0.136. The van der Waals surface area contributed by atoms with E-state index in [1.54, 1.807) is 0 Å². The van der Waals surface area contributed by atoms with E-state index in [1.165, 1.54) is 93.9 Å². The van der Waals surface area contributed by atoms with Crippen molar-refractivity contribution >= 4 is 21.5 Å². The number of benzene rings is 7. The highest BCUT2D eigenvalue weighted by Crippen LogP contribution is 2.46. The van der Waals surface area contributed by atoms with Crippen LogP contribution in [0.5, 0.6) is 0 Å². The van der Waals surface area contributed by atoms with Crippen LogP contribution < -0.4 is 0 Å². The molecule has 0 radical (unpaired) electrons. The van der Waals surface area contributed by atoms with E-state index in [0.717, 1.165) is 0 Å². The van der Waals surface area contributed by atoms with Crippen molar-refractivity contribution in [3.63, 3.8) is 0 Å². The predicted molar refractivity (Wildman–Crippen MR) is 201 cm³/mol. The Balaban J connectivity index is 1.44. The van der Waals surface area contributed by atoms with Gasteiger partial charge >= 0.3 is 0 Å². The molecule has 0 aliphatic rings. The summed E-state index contributed by atoms with van der Waals surface area (Å²) in [6, 6.07) is 47.5. The molecule has 226 valence electrons. The SMILES string of the molecule is Cc1cc(-c2c3ccccc3c(-c3cccc(-c4ccccc4C)c3C)c3ccccc23)ccc1-c1ccc(C(C)(C)C)cc1C. The van der Waals surface area contributed by atoms with Gasteiger partial charge in [0, 0.05) is 0 Å². The Morgan fingerprint density at radius 1 is 0.370 bits per heavy atom. The molecule has 0 amide bonds. The Morgan fingerprint density at radius 3 is 1.41 bits per heavy atom. The van der Waals surface area contributed by atoms with E-state index >= 15 is 0 Å². The molecule has 0 heterocycles. The summed E-state index contributed by atoms with van der Waals surface area (Å²) >= 11 is 0. The molecule has 0 bridgehead atoms. The van der Waals surface area contributed by atoms with Crippen molar-refractivity contribution in [2.24, 2.45) is 0 Å². The van der Waals surface area contributed by atoms with Crippen LogP contribution in [0.3, 0.4) is 0 Å². The molecular weight excluding hydrogens is 553 g/mol. The highest BCUT2D eigenvalue weighted by atomic mass is 14.2. The van der Waals surface area contributed by atoms with Crippen molar-refractivity contribution in [3.05, 3.63) is 155 Å². The Bertz CT molecular complexity index is 2220. The summed E-state index contributed by atoms with van der Waals surface area (Å²) in [5.74, 6) is 0. The lowest BCUT2D eigenvalue weighted by Gasteiger charge is -2.22. The van der Waals surface area contributed by atoms with Gasteiger partial charge in [-0.25, -0.2) is 0 Å². The van der Waals surface area contributed by atoms with Gasteiger partial charge in [-0.05, 0) is 127 Å². The fourth-order valence-corrected chi connectivity index (χ4v) is 7.36. The molecule has 0 aliphatic carbocycles. The van der Waals surface area contributed by atoms with Crippen LogP contribution in [0.4, 0.5) is 0 Å². The maximum atomic E-state index is 2.39. The van der Waals surface area contributed by atoms with Crippen LogP contribution in [0.15, 0.2) is 127 Å². The quantitative estimate of drug-likeness (QED) is 0.178. The Kier molecular flexibility index (Phi) is 7.41. The minimum Gasteiger partial charge on any atom is -0.0620 e. The smallest absolute Gasteiger partial charge is 0.00235 e. The first-order chi connectivity index (χ1) is 22.1. The fraction of sp³-hybridized carbons (Fsp3) is 0.174. The van der Waals surface area contributed by atoms with Crippen molar-refractivity contribution in [1.82, 2.24) is 0 Å². The van der Waals surface area contributed by atoms with Crippen molar-refractivity contribution in [2.75, 3.05) is 0 Å². The lowest BCUT2D eigenvalue weighted by molar-refractivity contribution is 0.590. The summed E-state index contributed by atoms with van der Waals surface area (Å²) in [4.78, 5) is 0. The van der Waals surface area contributed by atoms with Gasteiger partial charge in [0.25, 0.3) is 0 Å². The zero-order valence-corrected chi connectivity index (χ0v) is 28.1. The van der Waals surface area contributed by atoms with Crippen LogP contribution in [-0.4, -0.2) is 0 Å². The van der Waals surface area contributed by atoms with Gasteiger partial charge in [0.05, 0.1) is 0 Å². The average molecular weight is 595 g/mol. The Labute approximate surface area is 274 Å². The first-order valence-electron chi connectivity index (χ1n) is 16.5. The van der Waals surface area contributed by atoms with Gasteiger partial charge in [-0.2, -0.15) is 0 Å². The second-order valence-electron chi connectivity index (χ2n) is 13.9. The summed E-state index contributed by atoms with van der Waals surface area (Å²) in [7, 11) is 0. The molecular formula is C46H42. The molecule has 7 aromatic carbocycles. The summed E-state index contributed by atoms with van der Waals surface area (Å²) < 4.78 is 0. The van der Waals surface area contributed by atoms with Crippen LogP contribution in [0.2, 0.25) is 0 Å². The van der Waals surface area contributed by atoms with E-state index in [0.29, 0.717) is 0 Å². The van der Waals surface area contributed by atoms with Crippen LogP contribution in [-0.2, 0) is 5.41 Å². The number of hydrogen-bond donors (Lipinski definition) is 0. The molecule has 7 rings (SSSR count). The lowest BCUT2D eigenvalue weighted by atomic mass is 9.82. The highest BCUT2D eigenvalue weighted by molar-refractivity contribution is 6.21. The van der Waals surface area contributed by atoms with Gasteiger partial charge in [0.2, 0.25) is 0 Å². The van der Waals surface area contributed by atoms with E-state index in [4.69, 9.17) is 0 Å². The van der Waals surface area contributed by atoms with Gasteiger partial charge in [0.1, 0.15) is 0 Å². The van der Waals surface area contributed by atoms with E-state index in [2.05, 4.69) is 176 Å². The van der Waals surface area contributed by atoms with Crippen LogP contribution >= 0.6 is 0 Å². The minimum absolute atomic E-state index is 0.136. The zero-order valence-electron chi connectivity index (χ0n) is 28.1. The molecule has 0 saturated carbocycles. The van der Waals surface area contributed by atoms with Gasteiger partial charge in [0.15, 0.2) is 0 Å².